The molecule has 0 spiro atoms. The number of hydrogen-bond acceptors (Lipinski definition) is 8. The van der Waals surface area contributed by atoms with E-state index in [0.717, 1.165) is 23.6 Å². The molecule has 2 N–H and O–H groups in total. The summed E-state index contributed by atoms with van der Waals surface area (Å²) in [6.07, 6.45) is -2.29. The van der Waals surface area contributed by atoms with Gasteiger partial charge in [0.2, 0.25) is 0 Å². The van der Waals surface area contributed by atoms with Gasteiger partial charge in [0.25, 0.3) is 11.8 Å². The minimum Gasteiger partial charge on any atom is -0.465 e. The van der Waals surface area contributed by atoms with Crippen LogP contribution in [-0.4, -0.2) is 85.5 Å². The van der Waals surface area contributed by atoms with Gasteiger partial charge in [0, 0.05) is 66.7 Å². The summed E-state index contributed by atoms with van der Waals surface area (Å²) in [6, 6.07) is 15.8. The lowest BCUT2D eigenvalue weighted by atomic mass is 9.95. The number of aryl methyl sites for hydroxylation is 1. The first-order chi connectivity index (χ1) is 26.8. The number of ether oxygens (including phenoxy) is 2. The maximum absolute atomic E-state index is 14.6. The minimum absolute atomic E-state index is 0.0874. The number of aromatic nitrogens is 1. The predicted molar refractivity (Wildman–Crippen MR) is 202 cm³/mol. The zero-order valence-electron chi connectivity index (χ0n) is 30.8. The second-order valence-corrected chi connectivity index (χ2v) is 14.4. The van der Waals surface area contributed by atoms with Gasteiger partial charge in [-0.25, -0.2) is 9.59 Å². The second kappa shape index (κ2) is 14.2. The summed E-state index contributed by atoms with van der Waals surface area (Å²) in [7, 11) is 2.90. The summed E-state index contributed by atoms with van der Waals surface area (Å²) >= 11 is 0. The molecule has 0 saturated carbocycles. The highest BCUT2D eigenvalue weighted by Gasteiger charge is 2.44. The number of H-pyrrole nitrogens is 1. The summed E-state index contributed by atoms with van der Waals surface area (Å²) in [5.74, 6) is -2.66. The maximum Gasteiger partial charge on any atom is 0.432 e. The van der Waals surface area contributed by atoms with Gasteiger partial charge in [-0.2, -0.15) is 13.2 Å². The molecule has 2 aromatic heterocycles. The highest BCUT2D eigenvalue weighted by molar-refractivity contribution is 6.16. The zero-order valence-corrected chi connectivity index (χ0v) is 30.8. The van der Waals surface area contributed by atoms with E-state index >= 15 is 0 Å². The van der Waals surface area contributed by atoms with Crippen molar-refractivity contribution in [3.8, 4) is 5.75 Å². The van der Waals surface area contributed by atoms with E-state index in [0.29, 0.717) is 67.8 Å². The van der Waals surface area contributed by atoms with Gasteiger partial charge in [-0.3, -0.25) is 9.59 Å². The standard InChI is InChI=1S/C41H38F3N5O7/c1-22-21-49(38(51)25-9-6-8-23-11-12-27(18-26(23)17-25)45-37(50)31-19-24-7-4-5-10-29(24)55-31)28-20-30(56-40(53)48-15-13-47(2)14-16-48)35-33(32(22)28)34(39(52)54-3)36(46-35)41(42,43)44/h4-5,7,10-12,17-20,22,46H,6,8-9,13-16,21H2,1-3H3,(H,45,50). The zero-order chi connectivity index (χ0) is 39.5. The molecule has 0 radical (unpaired) electrons. The van der Waals surface area contributed by atoms with E-state index in [9.17, 15) is 32.3 Å². The fourth-order valence-electron chi connectivity index (χ4n) is 7.87. The van der Waals surface area contributed by atoms with Crippen LogP contribution >= 0.6 is 0 Å². The van der Waals surface area contributed by atoms with Crippen molar-refractivity contribution >= 4 is 63.2 Å². The van der Waals surface area contributed by atoms with Crippen molar-refractivity contribution < 1.29 is 46.2 Å². The largest absolute Gasteiger partial charge is 0.465 e. The van der Waals surface area contributed by atoms with Gasteiger partial charge in [-0.15, -0.1) is 0 Å². The van der Waals surface area contributed by atoms with Gasteiger partial charge in [0.15, 0.2) is 11.5 Å². The van der Waals surface area contributed by atoms with Crippen molar-refractivity contribution in [1.82, 2.24) is 14.8 Å². The van der Waals surface area contributed by atoms with Gasteiger partial charge in [-0.05, 0) is 73.3 Å². The Labute approximate surface area is 318 Å². The molecule has 4 heterocycles. The molecule has 1 saturated heterocycles. The lowest BCUT2D eigenvalue weighted by Crippen LogP contribution is -2.48. The molecule has 8 rings (SSSR count). The smallest absolute Gasteiger partial charge is 0.432 e. The van der Waals surface area contributed by atoms with Crippen LogP contribution in [0.3, 0.4) is 0 Å². The third kappa shape index (κ3) is 6.65. The number of esters is 1. The predicted octanol–water partition coefficient (Wildman–Crippen LogP) is 7.59. The number of methoxy groups -OCH3 is 1. The topological polar surface area (TPSA) is 137 Å². The van der Waals surface area contributed by atoms with Crippen LogP contribution in [0.5, 0.6) is 5.75 Å². The number of carbonyl (C=O) groups excluding carboxylic acids is 4. The Balaban J connectivity index is 1.17. The molecule has 1 aliphatic carbocycles. The number of aromatic amines is 1. The molecule has 5 aromatic rings. The monoisotopic (exact) mass is 769 g/mol. The quantitative estimate of drug-likeness (QED) is 0.175. The summed E-state index contributed by atoms with van der Waals surface area (Å²) in [4.78, 5) is 61.6. The minimum atomic E-state index is -4.99. The lowest BCUT2D eigenvalue weighted by molar-refractivity contribution is -0.141. The number of likely N-dealkylation sites (N-methyl/N-ethyl adjacent to an activating group) is 1. The van der Waals surface area contributed by atoms with Gasteiger partial charge >= 0.3 is 18.2 Å². The number of carbonyl (C=O) groups is 4. The number of anilines is 2. The third-order valence-electron chi connectivity index (χ3n) is 10.7. The second-order valence-electron chi connectivity index (χ2n) is 14.4. The fourth-order valence-corrected chi connectivity index (χ4v) is 7.87. The average molecular weight is 770 g/mol. The number of fused-ring (bicyclic) bond motifs is 5. The Morgan fingerprint density at radius 2 is 1.75 bits per heavy atom. The van der Waals surface area contributed by atoms with Crippen molar-refractivity contribution in [3.63, 3.8) is 0 Å². The molecule has 2 aliphatic heterocycles. The molecule has 3 aromatic carbocycles. The van der Waals surface area contributed by atoms with Crippen molar-refractivity contribution in [2.24, 2.45) is 0 Å². The van der Waals surface area contributed by atoms with Crippen LogP contribution in [0.2, 0.25) is 0 Å². The number of alkyl halides is 3. The van der Waals surface area contributed by atoms with Crippen LogP contribution in [0.25, 0.3) is 27.9 Å². The van der Waals surface area contributed by atoms with E-state index < -0.39 is 41.3 Å². The van der Waals surface area contributed by atoms with E-state index in [-0.39, 0.29) is 40.6 Å². The Morgan fingerprint density at radius 3 is 2.48 bits per heavy atom. The molecule has 1 unspecified atom stereocenters. The van der Waals surface area contributed by atoms with Crippen molar-refractivity contribution in [3.05, 3.63) is 93.9 Å². The van der Waals surface area contributed by atoms with Crippen molar-refractivity contribution in [1.29, 1.82) is 0 Å². The lowest BCUT2D eigenvalue weighted by Gasteiger charge is -2.31. The molecule has 15 heteroatoms. The highest BCUT2D eigenvalue weighted by Crippen LogP contribution is 2.49. The average Bonchev–Trinajstić information content (AvgIpc) is 3.84. The van der Waals surface area contributed by atoms with Crippen LogP contribution in [-0.2, 0) is 22.1 Å². The molecule has 12 nitrogen and oxygen atoms in total. The van der Waals surface area contributed by atoms with Crippen LogP contribution < -0.4 is 15.0 Å². The van der Waals surface area contributed by atoms with E-state index in [1.165, 1.54) is 15.9 Å². The van der Waals surface area contributed by atoms with Crippen molar-refractivity contribution in [2.75, 3.05) is 57.1 Å². The number of para-hydroxylation sites is 1. The highest BCUT2D eigenvalue weighted by atomic mass is 19.4. The molecule has 1 fully saturated rings. The Kier molecular flexibility index (Phi) is 9.35. The van der Waals surface area contributed by atoms with Crippen molar-refractivity contribution in [2.45, 2.75) is 38.3 Å². The molecule has 1 atom stereocenters. The summed E-state index contributed by atoms with van der Waals surface area (Å²) < 4.78 is 60.0. The molecular formula is C41H38F3N5O7. The van der Waals surface area contributed by atoms with E-state index in [2.05, 4.69) is 10.3 Å². The van der Waals surface area contributed by atoms with E-state index in [1.807, 2.05) is 36.2 Å². The number of benzene rings is 3. The van der Waals surface area contributed by atoms with Crippen LogP contribution in [0.1, 0.15) is 69.0 Å². The number of nitrogens with zero attached hydrogens (tertiary/aromatic N) is 3. The fraction of sp³-hybridized carbons (Fsp3) is 0.317. The number of amides is 3. The van der Waals surface area contributed by atoms with Crippen LogP contribution in [0.4, 0.5) is 29.3 Å². The number of rotatable bonds is 5. The van der Waals surface area contributed by atoms with E-state index in [4.69, 9.17) is 13.9 Å². The summed E-state index contributed by atoms with van der Waals surface area (Å²) in [5, 5.41) is 3.56. The van der Waals surface area contributed by atoms with Crippen LogP contribution in [0, 0.1) is 0 Å². The normalized spacial score (nSPS) is 17.3. The first-order valence-corrected chi connectivity index (χ1v) is 18.3. The van der Waals surface area contributed by atoms with Gasteiger partial charge in [-0.1, -0.05) is 31.2 Å². The number of furan rings is 1. The maximum atomic E-state index is 14.6. The number of piperazine rings is 1. The van der Waals surface area contributed by atoms with E-state index in [1.54, 1.807) is 37.3 Å². The number of nitrogens with one attached hydrogen (secondary N) is 2. The third-order valence-corrected chi connectivity index (χ3v) is 10.7. The molecule has 290 valence electrons. The van der Waals surface area contributed by atoms with Gasteiger partial charge in [0.1, 0.15) is 11.3 Å². The molecular weight excluding hydrogens is 731 g/mol. The Bertz CT molecular complexity index is 2430. The first-order valence-electron chi connectivity index (χ1n) is 18.3. The molecule has 3 aliphatic rings. The summed E-state index contributed by atoms with van der Waals surface area (Å²) in [5.41, 5.74) is 1.50. The van der Waals surface area contributed by atoms with Crippen LogP contribution in [0.15, 0.2) is 64.6 Å². The number of hydrogen-bond donors (Lipinski definition) is 2. The Morgan fingerprint density at radius 1 is 0.982 bits per heavy atom. The van der Waals surface area contributed by atoms with Gasteiger partial charge in [0.05, 0.1) is 23.9 Å². The molecule has 3 amide bonds. The summed E-state index contributed by atoms with van der Waals surface area (Å²) in [6.45, 7) is 3.70. The Hall–Kier alpha value is -6.09. The molecule has 0 bridgehead atoms. The van der Waals surface area contributed by atoms with Gasteiger partial charge < -0.3 is 38.9 Å². The number of halogens is 3. The SMILES string of the molecule is COC(=O)c1c(C(F)(F)F)[nH]c2c(OC(=O)N3CCN(C)CC3)cc3c(c12)C(C)CN3C(=O)C1=Cc2cc(NC(=O)c3cc4ccccc4o3)ccc2CCC1. The molecule has 56 heavy (non-hydrogen) atoms. The first kappa shape index (κ1) is 36.9.